The van der Waals surface area contributed by atoms with Crippen molar-refractivity contribution < 1.29 is 0 Å². The standard InChI is InChI=1S/C13H23N3/c1-4-13(5-2)16(3)10-12-7-6-11(8-14)9-15-12/h6-7,9,13H,4-5,8,10,14H2,1-3H3. The third kappa shape index (κ3) is 3.58. The molecule has 0 amide bonds. The number of hydrogen-bond donors (Lipinski definition) is 1. The zero-order valence-corrected chi connectivity index (χ0v) is 10.6. The average Bonchev–Trinajstić information content (AvgIpc) is 2.31. The van der Waals surface area contributed by atoms with Crippen LogP contribution in [-0.4, -0.2) is 23.0 Å². The van der Waals surface area contributed by atoms with E-state index in [0.717, 1.165) is 17.8 Å². The van der Waals surface area contributed by atoms with Crippen molar-refractivity contribution in [1.29, 1.82) is 0 Å². The Morgan fingerprint density at radius 3 is 2.44 bits per heavy atom. The van der Waals surface area contributed by atoms with E-state index < -0.39 is 0 Å². The fourth-order valence-electron chi connectivity index (χ4n) is 1.97. The van der Waals surface area contributed by atoms with Crippen LogP contribution in [0.15, 0.2) is 18.3 Å². The smallest absolute Gasteiger partial charge is 0.0544 e. The van der Waals surface area contributed by atoms with Crippen LogP contribution >= 0.6 is 0 Å². The first-order valence-corrected chi connectivity index (χ1v) is 6.05. The molecule has 0 fully saturated rings. The van der Waals surface area contributed by atoms with Crippen molar-refractivity contribution in [2.75, 3.05) is 7.05 Å². The average molecular weight is 221 g/mol. The van der Waals surface area contributed by atoms with E-state index in [1.165, 1.54) is 12.8 Å². The summed E-state index contributed by atoms with van der Waals surface area (Å²) in [7, 11) is 2.16. The van der Waals surface area contributed by atoms with Gasteiger partial charge in [0.15, 0.2) is 0 Å². The molecule has 0 aliphatic heterocycles. The molecule has 3 heteroatoms. The van der Waals surface area contributed by atoms with Gasteiger partial charge in [-0.05, 0) is 31.5 Å². The Balaban J connectivity index is 2.58. The molecule has 0 saturated heterocycles. The fourth-order valence-corrected chi connectivity index (χ4v) is 1.97. The fraction of sp³-hybridized carbons (Fsp3) is 0.615. The number of nitrogens with zero attached hydrogens (tertiary/aromatic N) is 2. The lowest BCUT2D eigenvalue weighted by atomic mass is 10.1. The van der Waals surface area contributed by atoms with Crippen molar-refractivity contribution in [3.63, 3.8) is 0 Å². The molecule has 0 aliphatic rings. The summed E-state index contributed by atoms with van der Waals surface area (Å²) in [5.74, 6) is 0. The van der Waals surface area contributed by atoms with Crippen molar-refractivity contribution >= 4 is 0 Å². The molecular weight excluding hydrogens is 198 g/mol. The van der Waals surface area contributed by atoms with Crippen molar-refractivity contribution in [2.24, 2.45) is 5.73 Å². The molecule has 1 aromatic heterocycles. The highest BCUT2D eigenvalue weighted by Crippen LogP contribution is 2.10. The lowest BCUT2D eigenvalue weighted by molar-refractivity contribution is 0.219. The lowest BCUT2D eigenvalue weighted by Gasteiger charge is -2.25. The molecule has 0 radical (unpaired) electrons. The predicted molar refractivity (Wildman–Crippen MR) is 68.0 cm³/mol. The molecule has 16 heavy (non-hydrogen) atoms. The zero-order chi connectivity index (χ0) is 12.0. The lowest BCUT2D eigenvalue weighted by Crippen LogP contribution is -2.30. The van der Waals surface area contributed by atoms with Crippen LogP contribution in [0.1, 0.15) is 37.9 Å². The SMILES string of the molecule is CCC(CC)N(C)Cc1ccc(CN)cn1. The van der Waals surface area contributed by atoms with Crippen molar-refractivity contribution in [3.8, 4) is 0 Å². The maximum atomic E-state index is 5.54. The molecule has 0 aliphatic carbocycles. The molecule has 0 aromatic carbocycles. The van der Waals surface area contributed by atoms with Crippen molar-refractivity contribution in [1.82, 2.24) is 9.88 Å². The summed E-state index contributed by atoms with van der Waals surface area (Å²) in [5, 5.41) is 0. The van der Waals surface area contributed by atoms with Crippen LogP contribution in [0.4, 0.5) is 0 Å². The van der Waals surface area contributed by atoms with Gasteiger partial charge in [0.1, 0.15) is 0 Å². The van der Waals surface area contributed by atoms with Gasteiger partial charge in [0.05, 0.1) is 5.69 Å². The number of nitrogens with two attached hydrogens (primary N) is 1. The van der Waals surface area contributed by atoms with Crippen LogP contribution < -0.4 is 5.73 Å². The van der Waals surface area contributed by atoms with Gasteiger partial charge in [-0.15, -0.1) is 0 Å². The Morgan fingerprint density at radius 1 is 1.31 bits per heavy atom. The molecule has 0 unspecified atom stereocenters. The van der Waals surface area contributed by atoms with E-state index in [0.29, 0.717) is 12.6 Å². The van der Waals surface area contributed by atoms with Gasteiger partial charge in [-0.2, -0.15) is 0 Å². The molecule has 1 aromatic rings. The summed E-state index contributed by atoms with van der Waals surface area (Å²) in [5.41, 5.74) is 7.75. The zero-order valence-electron chi connectivity index (χ0n) is 10.6. The molecule has 0 spiro atoms. The van der Waals surface area contributed by atoms with Crippen molar-refractivity contribution in [2.45, 2.75) is 45.8 Å². The first kappa shape index (κ1) is 13.1. The third-order valence-corrected chi connectivity index (χ3v) is 3.10. The second-order valence-corrected chi connectivity index (χ2v) is 4.25. The molecule has 3 nitrogen and oxygen atoms in total. The second kappa shape index (κ2) is 6.61. The molecule has 90 valence electrons. The Hall–Kier alpha value is -0.930. The molecule has 1 heterocycles. The van der Waals surface area contributed by atoms with Crippen molar-refractivity contribution in [3.05, 3.63) is 29.6 Å². The quantitative estimate of drug-likeness (QED) is 0.800. The Bertz CT molecular complexity index is 291. The first-order valence-electron chi connectivity index (χ1n) is 6.05. The van der Waals surface area contributed by atoms with E-state index in [2.05, 4.69) is 42.9 Å². The molecule has 0 saturated carbocycles. The summed E-state index contributed by atoms with van der Waals surface area (Å²) in [6.45, 7) is 5.94. The number of pyridine rings is 1. The van der Waals surface area contributed by atoms with Gasteiger partial charge in [0, 0.05) is 25.3 Å². The van der Waals surface area contributed by atoms with E-state index in [-0.39, 0.29) is 0 Å². The minimum Gasteiger partial charge on any atom is -0.326 e. The summed E-state index contributed by atoms with van der Waals surface area (Å²) in [6.07, 6.45) is 4.25. The predicted octanol–water partition coefficient (Wildman–Crippen LogP) is 2.16. The molecule has 2 N–H and O–H groups in total. The van der Waals surface area contributed by atoms with E-state index in [1.807, 2.05) is 6.20 Å². The normalized spacial score (nSPS) is 11.4. The van der Waals surface area contributed by atoms with Gasteiger partial charge >= 0.3 is 0 Å². The van der Waals surface area contributed by atoms with Crippen LogP contribution in [0, 0.1) is 0 Å². The monoisotopic (exact) mass is 221 g/mol. The van der Waals surface area contributed by atoms with Gasteiger partial charge < -0.3 is 5.73 Å². The minimum absolute atomic E-state index is 0.565. The van der Waals surface area contributed by atoms with Crippen LogP contribution in [0.25, 0.3) is 0 Å². The Labute approximate surface area is 98.7 Å². The van der Waals surface area contributed by atoms with E-state index in [9.17, 15) is 0 Å². The van der Waals surface area contributed by atoms with Crippen LogP contribution in [-0.2, 0) is 13.1 Å². The largest absolute Gasteiger partial charge is 0.326 e. The molecule has 0 bridgehead atoms. The Morgan fingerprint density at radius 2 is 2.00 bits per heavy atom. The van der Waals surface area contributed by atoms with Gasteiger partial charge in [0.2, 0.25) is 0 Å². The van der Waals surface area contributed by atoms with Gasteiger partial charge in [-0.3, -0.25) is 9.88 Å². The highest BCUT2D eigenvalue weighted by Gasteiger charge is 2.10. The maximum Gasteiger partial charge on any atom is 0.0544 e. The highest BCUT2D eigenvalue weighted by atomic mass is 15.1. The number of hydrogen-bond acceptors (Lipinski definition) is 3. The van der Waals surface area contributed by atoms with Gasteiger partial charge in [0.25, 0.3) is 0 Å². The minimum atomic E-state index is 0.565. The van der Waals surface area contributed by atoms with Gasteiger partial charge in [-0.25, -0.2) is 0 Å². The number of rotatable bonds is 6. The van der Waals surface area contributed by atoms with E-state index >= 15 is 0 Å². The topological polar surface area (TPSA) is 42.1 Å². The third-order valence-electron chi connectivity index (χ3n) is 3.10. The number of aromatic nitrogens is 1. The van der Waals surface area contributed by atoms with Crippen LogP contribution in [0.5, 0.6) is 0 Å². The first-order chi connectivity index (χ1) is 7.71. The maximum absolute atomic E-state index is 5.54. The van der Waals surface area contributed by atoms with Crippen LogP contribution in [0.3, 0.4) is 0 Å². The molecule has 0 atom stereocenters. The molecular formula is C13H23N3. The summed E-state index contributed by atoms with van der Waals surface area (Å²) in [4.78, 5) is 6.78. The highest BCUT2D eigenvalue weighted by molar-refractivity contribution is 5.13. The summed E-state index contributed by atoms with van der Waals surface area (Å²) >= 11 is 0. The summed E-state index contributed by atoms with van der Waals surface area (Å²) in [6, 6.07) is 4.78. The summed E-state index contributed by atoms with van der Waals surface area (Å²) < 4.78 is 0. The Kier molecular flexibility index (Phi) is 5.43. The molecule has 1 rings (SSSR count). The van der Waals surface area contributed by atoms with Gasteiger partial charge in [-0.1, -0.05) is 19.9 Å². The van der Waals surface area contributed by atoms with E-state index in [1.54, 1.807) is 0 Å². The van der Waals surface area contributed by atoms with Crippen LogP contribution in [0.2, 0.25) is 0 Å². The second-order valence-electron chi connectivity index (χ2n) is 4.25. The van der Waals surface area contributed by atoms with E-state index in [4.69, 9.17) is 5.73 Å².